The zero-order valence-corrected chi connectivity index (χ0v) is 22.2. The van der Waals surface area contributed by atoms with Crippen molar-refractivity contribution in [2.75, 3.05) is 27.3 Å². The second-order valence-corrected chi connectivity index (χ2v) is 8.31. The molecule has 4 rings (SSSR count). The normalized spacial score (nSPS) is 14.5. The Hall–Kier alpha value is -2.43. The van der Waals surface area contributed by atoms with Gasteiger partial charge in [-0.2, -0.15) is 0 Å². The Morgan fingerprint density at radius 2 is 1.82 bits per heavy atom. The maximum atomic E-state index is 6.01. The molecule has 1 saturated heterocycles. The topological polar surface area (TPSA) is 74.8 Å². The van der Waals surface area contributed by atoms with Gasteiger partial charge in [0.1, 0.15) is 5.82 Å². The molecule has 0 unspecified atom stereocenters. The molecule has 8 heteroatoms. The number of ether oxygens (including phenoxy) is 2. The molecule has 3 aromatic rings. The number of benzene rings is 2. The molecule has 1 aliphatic rings. The predicted molar refractivity (Wildman–Crippen MR) is 146 cm³/mol. The molecular formula is C26H34IN5O2. The highest BCUT2D eigenvalue weighted by Gasteiger charge is 2.14. The van der Waals surface area contributed by atoms with E-state index in [1.54, 1.807) is 7.05 Å². The summed E-state index contributed by atoms with van der Waals surface area (Å²) in [5, 5.41) is 3.44. The van der Waals surface area contributed by atoms with Crippen molar-refractivity contribution in [3.05, 3.63) is 77.7 Å². The van der Waals surface area contributed by atoms with Gasteiger partial charge in [-0.3, -0.25) is 4.99 Å². The Labute approximate surface area is 219 Å². The van der Waals surface area contributed by atoms with Crippen LogP contribution >= 0.6 is 24.0 Å². The van der Waals surface area contributed by atoms with E-state index in [1.807, 2.05) is 31.4 Å². The van der Waals surface area contributed by atoms with Crippen molar-refractivity contribution in [3.8, 4) is 11.3 Å². The molecule has 0 aliphatic carbocycles. The van der Waals surface area contributed by atoms with Gasteiger partial charge in [-0.05, 0) is 29.5 Å². The van der Waals surface area contributed by atoms with Gasteiger partial charge in [0.2, 0.25) is 0 Å². The summed E-state index contributed by atoms with van der Waals surface area (Å²) in [5.41, 5.74) is 4.54. The highest BCUT2D eigenvalue weighted by atomic mass is 127. The highest BCUT2D eigenvalue weighted by Crippen LogP contribution is 2.17. The number of guanidine groups is 1. The van der Waals surface area contributed by atoms with Gasteiger partial charge in [0, 0.05) is 33.9 Å². The largest absolute Gasteiger partial charge is 0.381 e. The maximum Gasteiger partial charge on any atom is 0.194 e. The summed E-state index contributed by atoms with van der Waals surface area (Å²) in [5.74, 6) is 1.72. The van der Waals surface area contributed by atoms with Crippen molar-refractivity contribution >= 4 is 29.9 Å². The average Bonchev–Trinajstić information content (AvgIpc) is 3.33. The monoisotopic (exact) mass is 575 g/mol. The van der Waals surface area contributed by atoms with Crippen LogP contribution in [-0.2, 0) is 29.2 Å². The first kappa shape index (κ1) is 26.2. The van der Waals surface area contributed by atoms with Crippen molar-refractivity contribution < 1.29 is 9.47 Å². The van der Waals surface area contributed by atoms with Gasteiger partial charge in [0.05, 0.1) is 31.1 Å². The molecule has 0 atom stereocenters. The lowest BCUT2D eigenvalue weighted by molar-refractivity contribution is -0.0390. The Kier molecular flexibility index (Phi) is 10.4. The van der Waals surface area contributed by atoms with E-state index >= 15 is 0 Å². The fraction of sp³-hybridized carbons (Fsp3) is 0.385. The summed E-state index contributed by atoms with van der Waals surface area (Å²) in [7, 11) is 3.81. The molecule has 0 spiro atoms. The van der Waals surface area contributed by atoms with Crippen LogP contribution in [0, 0.1) is 0 Å². The van der Waals surface area contributed by atoms with Crippen molar-refractivity contribution in [2.24, 2.45) is 4.99 Å². The van der Waals surface area contributed by atoms with Crippen LogP contribution in [0.4, 0.5) is 0 Å². The SMILES string of the molecule is CN=C(NCc1ccc(COC2CCOCC2)cc1)N(C)Cc1ncc(-c2ccccc2)[nH]1.I. The fourth-order valence-electron chi connectivity index (χ4n) is 3.88. The molecule has 1 fully saturated rings. The van der Waals surface area contributed by atoms with Crippen LogP contribution in [0.25, 0.3) is 11.3 Å². The number of halogens is 1. The number of aromatic amines is 1. The third kappa shape index (κ3) is 7.54. The minimum atomic E-state index is 0. The first-order valence-electron chi connectivity index (χ1n) is 11.5. The summed E-state index contributed by atoms with van der Waals surface area (Å²) in [6, 6.07) is 18.8. The molecular weight excluding hydrogens is 541 g/mol. The number of hydrogen-bond acceptors (Lipinski definition) is 4. The molecule has 182 valence electrons. The van der Waals surface area contributed by atoms with Crippen LogP contribution in [0.15, 0.2) is 65.8 Å². The molecule has 2 heterocycles. The number of rotatable bonds is 8. The number of imidazole rings is 1. The Morgan fingerprint density at radius 3 is 2.53 bits per heavy atom. The first-order chi connectivity index (χ1) is 16.2. The molecule has 2 N–H and O–H groups in total. The Balaban J connectivity index is 0.00000324. The van der Waals surface area contributed by atoms with Gasteiger partial charge in [0.15, 0.2) is 5.96 Å². The van der Waals surface area contributed by atoms with Gasteiger partial charge in [-0.25, -0.2) is 4.98 Å². The van der Waals surface area contributed by atoms with E-state index in [1.165, 1.54) is 11.1 Å². The van der Waals surface area contributed by atoms with E-state index in [2.05, 4.69) is 61.6 Å². The third-order valence-corrected chi connectivity index (χ3v) is 5.80. The summed E-state index contributed by atoms with van der Waals surface area (Å²) in [6.45, 7) is 3.59. The second-order valence-electron chi connectivity index (χ2n) is 8.31. The van der Waals surface area contributed by atoms with Gasteiger partial charge < -0.3 is 24.7 Å². The summed E-state index contributed by atoms with van der Waals surface area (Å²) in [6.07, 6.45) is 4.17. The summed E-state index contributed by atoms with van der Waals surface area (Å²) < 4.78 is 11.4. The second kappa shape index (κ2) is 13.5. The van der Waals surface area contributed by atoms with Gasteiger partial charge >= 0.3 is 0 Å². The molecule has 2 aromatic carbocycles. The third-order valence-electron chi connectivity index (χ3n) is 5.80. The van der Waals surface area contributed by atoms with Crippen LogP contribution in [0.2, 0.25) is 0 Å². The standard InChI is InChI=1S/C26H33N5O2.HI/c1-27-26(31(2)18-25-28-17-24(30-25)22-6-4-3-5-7-22)29-16-20-8-10-21(11-9-20)19-33-23-12-14-32-15-13-23;/h3-11,17,23H,12-16,18-19H2,1-2H3,(H,27,29)(H,28,30);1H. The number of hydrogen-bond donors (Lipinski definition) is 2. The van der Waals surface area contributed by atoms with Crippen LogP contribution in [0.3, 0.4) is 0 Å². The molecule has 1 aromatic heterocycles. The average molecular weight is 575 g/mol. The number of nitrogens with one attached hydrogen (secondary N) is 2. The molecule has 1 aliphatic heterocycles. The Morgan fingerprint density at radius 1 is 1.12 bits per heavy atom. The van der Waals surface area contributed by atoms with Crippen molar-refractivity contribution in [1.82, 2.24) is 20.2 Å². The molecule has 0 radical (unpaired) electrons. The number of nitrogens with zero attached hydrogens (tertiary/aromatic N) is 3. The van der Waals surface area contributed by atoms with E-state index in [0.717, 1.165) is 49.1 Å². The van der Waals surface area contributed by atoms with Crippen LogP contribution in [0.1, 0.15) is 29.8 Å². The van der Waals surface area contributed by atoms with Gasteiger partial charge in [-0.15, -0.1) is 24.0 Å². The van der Waals surface area contributed by atoms with E-state index in [-0.39, 0.29) is 24.0 Å². The molecule has 0 bridgehead atoms. The minimum Gasteiger partial charge on any atom is -0.381 e. The van der Waals surface area contributed by atoms with E-state index in [9.17, 15) is 0 Å². The van der Waals surface area contributed by atoms with Crippen molar-refractivity contribution in [3.63, 3.8) is 0 Å². The predicted octanol–water partition coefficient (Wildman–Crippen LogP) is 4.60. The Bertz CT molecular complexity index is 1020. The van der Waals surface area contributed by atoms with E-state index in [0.29, 0.717) is 25.8 Å². The molecule has 34 heavy (non-hydrogen) atoms. The van der Waals surface area contributed by atoms with E-state index in [4.69, 9.17) is 9.47 Å². The first-order valence-corrected chi connectivity index (χ1v) is 11.5. The van der Waals surface area contributed by atoms with Gasteiger partial charge in [-0.1, -0.05) is 54.6 Å². The summed E-state index contributed by atoms with van der Waals surface area (Å²) in [4.78, 5) is 14.4. The maximum absolute atomic E-state index is 6.01. The summed E-state index contributed by atoms with van der Waals surface area (Å²) >= 11 is 0. The lowest BCUT2D eigenvalue weighted by Gasteiger charge is -2.22. The zero-order chi connectivity index (χ0) is 22.9. The van der Waals surface area contributed by atoms with E-state index < -0.39 is 0 Å². The fourth-order valence-corrected chi connectivity index (χ4v) is 3.88. The lowest BCUT2D eigenvalue weighted by atomic mass is 10.1. The minimum absolute atomic E-state index is 0. The quantitative estimate of drug-likeness (QED) is 0.234. The van der Waals surface area contributed by atoms with Crippen molar-refractivity contribution in [2.45, 2.75) is 38.6 Å². The molecule has 7 nitrogen and oxygen atoms in total. The molecule has 0 saturated carbocycles. The van der Waals surface area contributed by atoms with Crippen LogP contribution in [0.5, 0.6) is 0 Å². The number of aliphatic imine (C=N–C) groups is 1. The highest BCUT2D eigenvalue weighted by molar-refractivity contribution is 14.0. The van der Waals surface area contributed by atoms with Crippen molar-refractivity contribution in [1.29, 1.82) is 0 Å². The smallest absolute Gasteiger partial charge is 0.194 e. The molecule has 0 amide bonds. The van der Waals surface area contributed by atoms with Crippen LogP contribution in [-0.4, -0.2) is 54.2 Å². The number of aromatic nitrogens is 2. The van der Waals surface area contributed by atoms with Crippen LogP contribution < -0.4 is 5.32 Å². The lowest BCUT2D eigenvalue weighted by Crippen LogP contribution is -2.38. The zero-order valence-electron chi connectivity index (χ0n) is 19.9. The van der Waals surface area contributed by atoms with Gasteiger partial charge in [0.25, 0.3) is 0 Å². The number of H-pyrrole nitrogens is 1.